The van der Waals surface area contributed by atoms with Crippen LogP contribution in [0, 0.1) is 11.6 Å². The molecule has 0 fully saturated rings. The van der Waals surface area contributed by atoms with E-state index in [4.69, 9.17) is 0 Å². The van der Waals surface area contributed by atoms with Crippen molar-refractivity contribution >= 4 is 12.4 Å². The van der Waals surface area contributed by atoms with Crippen LogP contribution in [0.4, 0.5) is 8.78 Å². The normalized spacial score (nSPS) is 10.5. The fraction of sp³-hybridized carbons (Fsp3) is 0. The number of halogens is 2. The molecule has 0 heterocycles. The molecule has 0 spiro atoms. The minimum Gasteiger partial charge on any atom is -0.286 e. The lowest BCUT2D eigenvalue weighted by Crippen LogP contribution is -1.83. The zero-order valence-corrected chi connectivity index (χ0v) is 6.05. The van der Waals surface area contributed by atoms with Crippen LogP contribution in [0.3, 0.4) is 0 Å². The van der Waals surface area contributed by atoms with Gasteiger partial charge in [-0.2, -0.15) is 0 Å². The summed E-state index contributed by atoms with van der Waals surface area (Å²) in [5.41, 5.74) is 0.428. The summed E-state index contributed by atoms with van der Waals surface area (Å²) in [4.78, 5) is 9.75. The summed E-state index contributed by atoms with van der Waals surface area (Å²) >= 11 is 0. The van der Waals surface area contributed by atoms with Gasteiger partial charge in [0.25, 0.3) is 0 Å². The molecule has 0 aliphatic rings. The van der Waals surface area contributed by atoms with E-state index in [0.29, 0.717) is 5.56 Å². The first kappa shape index (κ1) is 8.59. The third-order valence-electron chi connectivity index (χ3n) is 1.29. The van der Waals surface area contributed by atoms with Gasteiger partial charge in [-0.1, -0.05) is 12.1 Å². The lowest BCUT2D eigenvalue weighted by Gasteiger charge is -1.93. The number of hydrogen-bond acceptors (Lipinski definition) is 1. The van der Waals surface area contributed by atoms with E-state index in [0.717, 1.165) is 18.2 Å². The molecule has 0 bridgehead atoms. The van der Waals surface area contributed by atoms with Gasteiger partial charge in [-0.25, -0.2) is 8.78 Å². The highest BCUT2D eigenvalue weighted by molar-refractivity contribution is 5.74. The van der Waals surface area contributed by atoms with Crippen LogP contribution >= 0.6 is 0 Å². The number of benzene rings is 1. The van der Waals surface area contributed by atoms with E-state index in [9.17, 15) is 13.6 Å². The maximum absolute atomic E-state index is 12.5. The Morgan fingerprint density at radius 2 is 2.00 bits per heavy atom. The molecular formula is C9H5F2O. The molecule has 1 rings (SSSR count). The molecule has 1 aromatic rings. The van der Waals surface area contributed by atoms with Crippen LogP contribution in [0.2, 0.25) is 0 Å². The molecule has 0 amide bonds. The van der Waals surface area contributed by atoms with Crippen LogP contribution in [0.1, 0.15) is 5.56 Å². The van der Waals surface area contributed by atoms with Crippen molar-refractivity contribution in [3.8, 4) is 0 Å². The second-order valence-electron chi connectivity index (χ2n) is 2.12. The molecule has 0 aromatic heterocycles. The third kappa shape index (κ3) is 1.99. The molecule has 0 aliphatic heterocycles. The van der Waals surface area contributed by atoms with Crippen LogP contribution in [0.5, 0.6) is 0 Å². The summed E-state index contributed by atoms with van der Waals surface area (Å²) in [5, 5.41) is 0. The summed E-state index contributed by atoms with van der Waals surface area (Å²) in [7, 11) is 0. The SMILES string of the molecule is O=[C]C=Cc1ccc(F)c(F)c1. The highest BCUT2D eigenvalue weighted by Crippen LogP contribution is 2.09. The fourth-order valence-corrected chi connectivity index (χ4v) is 0.746. The van der Waals surface area contributed by atoms with E-state index in [2.05, 4.69) is 0 Å². The molecule has 0 saturated heterocycles. The minimum absolute atomic E-state index is 0.428. The quantitative estimate of drug-likeness (QED) is 0.616. The third-order valence-corrected chi connectivity index (χ3v) is 1.29. The van der Waals surface area contributed by atoms with Gasteiger partial charge >= 0.3 is 0 Å². The van der Waals surface area contributed by atoms with E-state index in [1.807, 2.05) is 0 Å². The monoisotopic (exact) mass is 167 g/mol. The van der Waals surface area contributed by atoms with Gasteiger partial charge in [0.15, 0.2) is 11.6 Å². The predicted octanol–water partition coefficient (Wildman–Crippen LogP) is 2.09. The Labute approximate surface area is 68.3 Å². The van der Waals surface area contributed by atoms with Crippen molar-refractivity contribution in [3.05, 3.63) is 41.5 Å². The van der Waals surface area contributed by atoms with Crippen molar-refractivity contribution in [2.45, 2.75) is 0 Å². The standard InChI is InChI=1S/C9H5F2O/c10-8-4-3-7(2-1-5-12)6-9(8)11/h1-4,6H. The molecule has 61 valence electrons. The molecule has 0 atom stereocenters. The van der Waals surface area contributed by atoms with Crippen LogP contribution in [0.25, 0.3) is 6.08 Å². The molecule has 12 heavy (non-hydrogen) atoms. The molecule has 1 aromatic carbocycles. The Morgan fingerprint density at radius 1 is 1.25 bits per heavy atom. The summed E-state index contributed by atoms with van der Waals surface area (Å²) in [6.45, 7) is 0. The number of allylic oxidation sites excluding steroid dienone is 1. The van der Waals surface area contributed by atoms with Crippen molar-refractivity contribution in [1.29, 1.82) is 0 Å². The first-order chi connectivity index (χ1) is 5.74. The summed E-state index contributed by atoms with van der Waals surface area (Å²) in [6.07, 6.45) is 3.94. The second kappa shape index (κ2) is 3.76. The average Bonchev–Trinajstić information content (AvgIpc) is 2.07. The molecular weight excluding hydrogens is 162 g/mol. The Bertz CT molecular complexity index is 318. The number of rotatable bonds is 2. The largest absolute Gasteiger partial charge is 0.286 e. The average molecular weight is 167 g/mol. The van der Waals surface area contributed by atoms with Crippen LogP contribution < -0.4 is 0 Å². The molecule has 0 unspecified atom stereocenters. The fourth-order valence-electron chi connectivity index (χ4n) is 0.746. The summed E-state index contributed by atoms with van der Waals surface area (Å²) in [5.74, 6) is -1.83. The van der Waals surface area contributed by atoms with Gasteiger partial charge in [0.1, 0.15) is 0 Å². The second-order valence-corrected chi connectivity index (χ2v) is 2.12. The topological polar surface area (TPSA) is 17.1 Å². The van der Waals surface area contributed by atoms with Gasteiger partial charge in [-0.05, 0) is 23.8 Å². The Morgan fingerprint density at radius 3 is 2.58 bits per heavy atom. The van der Waals surface area contributed by atoms with Gasteiger partial charge in [0.2, 0.25) is 6.29 Å². The van der Waals surface area contributed by atoms with Gasteiger partial charge in [-0.3, -0.25) is 4.79 Å². The van der Waals surface area contributed by atoms with Gasteiger partial charge < -0.3 is 0 Å². The first-order valence-corrected chi connectivity index (χ1v) is 3.23. The number of carbonyl (C=O) groups excluding carboxylic acids is 1. The smallest absolute Gasteiger partial charge is 0.225 e. The molecule has 1 radical (unpaired) electrons. The van der Waals surface area contributed by atoms with Crippen molar-refractivity contribution in [2.24, 2.45) is 0 Å². The van der Waals surface area contributed by atoms with Crippen molar-refractivity contribution < 1.29 is 13.6 Å². The van der Waals surface area contributed by atoms with E-state index >= 15 is 0 Å². The van der Waals surface area contributed by atoms with Crippen LogP contribution in [-0.4, -0.2) is 6.29 Å². The lowest BCUT2D eigenvalue weighted by molar-refractivity contribution is 0.508. The van der Waals surface area contributed by atoms with Gasteiger partial charge in [0, 0.05) is 0 Å². The Balaban J connectivity index is 2.96. The van der Waals surface area contributed by atoms with E-state index in [-0.39, 0.29) is 0 Å². The molecule has 0 saturated carbocycles. The van der Waals surface area contributed by atoms with Crippen molar-refractivity contribution in [2.75, 3.05) is 0 Å². The zero-order valence-electron chi connectivity index (χ0n) is 6.05. The molecule has 3 heteroatoms. The lowest BCUT2D eigenvalue weighted by atomic mass is 10.2. The highest BCUT2D eigenvalue weighted by Gasteiger charge is 1.99. The zero-order chi connectivity index (χ0) is 8.97. The minimum atomic E-state index is -0.928. The van der Waals surface area contributed by atoms with Crippen LogP contribution in [0.15, 0.2) is 24.3 Å². The molecule has 0 aliphatic carbocycles. The molecule has 1 nitrogen and oxygen atoms in total. The number of hydrogen-bond donors (Lipinski definition) is 0. The van der Waals surface area contributed by atoms with Crippen molar-refractivity contribution in [1.82, 2.24) is 0 Å². The maximum Gasteiger partial charge on any atom is 0.225 e. The van der Waals surface area contributed by atoms with Crippen LogP contribution in [-0.2, 0) is 4.79 Å². The molecule has 0 N–H and O–H groups in total. The summed E-state index contributed by atoms with van der Waals surface area (Å²) < 4.78 is 24.8. The van der Waals surface area contributed by atoms with E-state index in [1.54, 1.807) is 0 Å². The Hall–Kier alpha value is -1.51. The van der Waals surface area contributed by atoms with E-state index < -0.39 is 11.6 Å². The van der Waals surface area contributed by atoms with Crippen molar-refractivity contribution in [3.63, 3.8) is 0 Å². The Kier molecular flexibility index (Phi) is 2.69. The predicted molar refractivity (Wildman–Crippen MR) is 41.1 cm³/mol. The highest BCUT2D eigenvalue weighted by atomic mass is 19.2. The van der Waals surface area contributed by atoms with Gasteiger partial charge in [-0.15, -0.1) is 0 Å². The maximum atomic E-state index is 12.5. The summed E-state index contributed by atoms with van der Waals surface area (Å²) in [6, 6.07) is 3.37. The first-order valence-electron chi connectivity index (χ1n) is 3.23. The van der Waals surface area contributed by atoms with Gasteiger partial charge in [0.05, 0.1) is 0 Å². The van der Waals surface area contributed by atoms with E-state index in [1.165, 1.54) is 18.4 Å².